The molecule has 0 aliphatic rings. The van der Waals surface area contributed by atoms with Crippen molar-refractivity contribution in [3.63, 3.8) is 0 Å². The largest absolute Gasteiger partial charge is 0.492 e. The van der Waals surface area contributed by atoms with Gasteiger partial charge in [-0.05, 0) is 49.5 Å². The number of aromatic nitrogens is 2. The Labute approximate surface area is 170 Å². The second-order valence-electron chi connectivity index (χ2n) is 7.02. The monoisotopic (exact) mass is 390 g/mol. The molecule has 7 nitrogen and oxygen atoms in total. The average Bonchev–Trinajstić information content (AvgIpc) is 2.73. The molecule has 150 valence electrons. The van der Waals surface area contributed by atoms with Crippen molar-refractivity contribution in [2.75, 3.05) is 32.6 Å². The third kappa shape index (κ3) is 5.58. The lowest BCUT2D eigenvalue weighted by Gasteiger charge is -2.12. The van der Waals surface area contributed by atoms with E-state index in [0.717, 1.165) is 34.5 Å². The smallest absolute Gasteiger partial charge is 0.145 e. The molecule has 0 saturated heterocycles. The summed E-state index contributed by atoms with van der Waals surface area (Å²) in [4.78, 5) is 11.2. The summed E-state index contributed by atoms with van der Waals surface area (Å²) in [5.74, 6) is 1.22. The Hall–Kier alpha value is -3.32. The van der Waals surface area contributed by atoms with Crippen LogP contribution in [0.15, 0.2) is 48.7 Å². The van der Waals surface area contributed by atoms with Gasteiger partial charge in [-0.2, -0.15) is 0 Å². The molecule has 0 aliphatic heterocycles. The molecule has 1 aromatic heterocycles. The van der Waals surface area contributed by atoms with Crippen LogP contribution >= 0.6 is 0 Å². The minimum atomic E-state index is -0.328. The zero-order chi connectivity index (χ0) is 20.6. The van der Waals surface area contributed by atoms with Gasteiger partial charge in [0.05, 0.1) is 23.1 Å². The van der Waals surface area contributed by atoms with Crippen LogP contribution < -0.4 is 10.1 Å². The molecule has 3 aromatic rings. The first-order chi connectivity index (χ1) is 14.1. The topological polar surface area (TPSA) is 98.0 Å². The third-order valence-corrected chi connectivity index (χ3v) is 4.49. The Balaban J connectivity index is 1.65. The highest BCUT2D eigenvalue weighted by Crippen LogP contribution is 2.19. The first-order valence-electron chi connectivity index (χ1n) is 9.47. The molecule has 0 aliphatic carbocycles. The summed E-state index contributed by atoms with van der Waals surface area (Å²) >= 11 is 0. The van der Waals surface area contributed by atoms with Gasteiger partial charge in [0.15, 0.2) is 0 Å². The van der Waals surface area contributed by atoms with E-state index >= 15 is 0 Å². The Bertz CT molecular complexity index is 980. The summed E-state index contributed by atoms with van der Waals surface area (Å²) in [6, 6.07) is 13.7. The second kappa shape index (κ2) is 9.75. The highest BCUT2D eigenvalue weighted by Gasteiger charge is 2.08. The third-order valence-electron chi connectivity index (χ3n) is 4.49. The molecule has 3 rings (SSSR count). The molecular formula is C22H26N6O. The van der Waals surface area contributed by atoms with Crippen molar-refractivity contribution in [2.45, 2.75) is 12.5 Å². The summed E-state index contributed by atoms with van der Waals surface area (Å²) < 4.78 is 5.79. The van der Waals surface area contributed by atoms with Gasteiger partial charge in [-0.15, -0.1) is 0 Å². The molecule has 7 heteroatoms. The maximum atomic E-state index is 7.41. The molecule has 0 unspecified atom stereocenters. The highest BCUT2D eigenvalue weighted by molar-refractivity contribution is 5.89. The standard InChI is InChI=1S/C22H26N6O/c1-28(2)8-9-29-19-5-3-4-16(10-19)14-26-22-15-25-21-11-17(18(12-23)13-24)6-7-20(21)27-22/h3-7,10-13,15,18,23-24H,8-9,14H2,1-2H3,(H,26,27). The number of ether oxygens (including phenoxy) is 1. The van der Waals surface area contributed by atoms with Crippen LogP contribution in [0.3, 0.4) is 0 Å². The fraction of sp³-hybridized carbons (Fsp3) is 0.273. The zero-order valence-electron chi connectivity index (χ0n) is 16.7. The van der Waals surface area contributed by atoms with Crippen LogP contribution in [0.4, 0.5) is 5.82 Å². The summed E-state index contributed by atoms with van der Waals surface area (Å²) in [6.07, 6.45) is 4.19. The maximum Gasteiger partial charge on any atom is 0.145 e. The molecule has 0 amide bonds. The van der Waals surface area contributed by atoms with E-state index in [4.69, 9.17) is 15.6 Å². The van der Waals surface area contributed by atoms with Crippen LogP contribution in [0, 0.1) is 10.8 Å². The van der Waals surface area contributed by atoms with Gasteiger partial charge in [0.25, 0.3) is 0 Å². The number of fused-ring (bicyclic) bond motifs is 1. The van der Waals surface area contributed by atoms with Gasteiger partial charge in [-0.3, -0.25) is 4.98 Å². The molecule has 1 heterocycles. The van der Waals surface area contributed by atoms with Crippen LogP contribution in [0.1, 0.15) is 17.0 Å². The van der Waals surface area contributed by atoms with Gasteiger partial charge >= 0.3 is 0 Å². The van der Waals surface area contributed by atoms with E-state index < -0.39 is 0 Å². The molecule has 0 radical (unpaired) electrons. The lowest BCUT2D eigenvalue weighted by molar-refractivity contribution is 0.261. The lowest BCUT2D eigenvalue weighted by Crippen LogP contribution is -2.19. The van der Waals surface area contributed by atoms with E-state index in [2.05, 4.69) is 20.2 Å². The number of nitrogens with zero attached hydrogens (tertiary/aromatic N) is 3. The van der Waals surface area contributed by atoms with E-state index in [9.17, 15) is 0 Å². The predicted octanol–water partition coefficient (Wildman–Crippen LogP) is 3.57. The number of benzene rings is 2. The quantitative estimate of drug-likeness (QED) is 0.460. The molecule has 29 heavy (non-hydrogen) atoms. The van der Waals surface area contributed by atoms with Crippen LogP contribution in [0.25, 0.3) is 11.0 Å². The summed E-state index contributed by atoms with van der Waals surface area (Å²) in [7, 11) is 4.05. The second-order valence-corrected chi connectivity index (χ2v) is 7.02. The number of rotatable bonds is 10. The van der Waals surface area contributed by atoms with E-state index in [-0.39, 0.29) is 5.92 Å². The molecule has 2 aromatic carbocycles. The van der Waals surface area contributed by atoms with Gasteiger partial charge in [-0.25, -0.2) is 4.98 Å². The zero-order valence-corrected chi connectivity index (χ0v) is 16.7. The van der Waals surface area contributed by atoms with Crippen molar-refractivity contribution >= 4 is 29.3 Å². The predicted molar refractivity (Wildman–Crippen MR) is 118 cm³/mol. The fourth-order valence-corrected chi connectivity index (χ4v) is 2.84. The van der Waals surface area contributed by atoms with E-state index in [1.165, 1.54) is 12.4 Å². The Morgan fingerprint density at radius 1 is 1.10 bits per heavy atom. The summed E-state index contributed by atoms with van der Waals surface area (Å²) in [5.41, 5.74) is 3.49. The van der Waals surface area contributed by atoms with Gasteiger partial charge in [0.1, 0.15) is 18.2 Å². The maximum absolute atomic E-state index is 7.41. The first-order valence-corrected chi connectivity index (χ1v) is 9.47. The molecular weight excluding hydrogens is 364 g/mol. The van der Waals surface area contributed by atoms with Crippen molar-refractivity contribution in [1.29, 1.82) is 10.8 Å². The number of hydrogen-bond donors (Lipinski definition) is 3. The van der Waals surface area contributed by atoms with Crippen molar-refractivity contribution < 1.29 is 4.74 Å². The summed E-state index contributed by atoms with van der Waals surface area (Å²) in [6.45, 7) is 2.14. The Morgan fingerprint density at radius 2 is 1.93 bits per heavy atom. The van der Waals surface area contributed by atoms with Crippen LogP contribution in [-0.2, 0) is 6.54 Å². The Kier molecular flexibility index (Phi) is 6.86. The minimum absolute atomic E-state index is 0.328. The summed E-state index contributed by atoms with van der Waals surface area (Å²) in [5, 5.41) is 18.1. The lowest BCUT2D eigenvalue weighted by atomic mass is 10.0. The van der Waals surface area contributed by atoms with Gasteiger partial charge in [0, 0.05) is 25.5 Å². The molecule has 0 atom stereocenters. The normalized spacial score (nSPS) is 12.0. The molecule has 3 N–H and O–H groups in total. The van der Waals surface area contributed by atoms with Gasteiger partial charge in [0.2, 0.25) is 0 Å². The minimum Gasteiger partial charge on any atom is -0.492 e. The molecule has 0 spiro atoms. The van der Waals surface area contributed by atoms with Gasteiger partial charge < -0.3 is 25.8 Å². The van der Waals surface area contributed by atoms with Crippen LogP contribution in [-0.4, -0.2) is 54.5 Å². The average molecular weight is 390 g/mol. The Morgan fingerprint density at radius 3 is 2.69 bits per heavy atom. The number of nitrogens with one attached hydrogen (secondary N) is 3. The number of anilines is 1. The van der Waals surface area contributed by atoms with Gasteiger partial charge in [-0.1, -0.05) is 18.2 Å². The van der Waals surface area contributed by atoms with Crippen molar-refractivity contribution in [2.24, 2.45) is 0 Å². The molecule has 0 fully saturated rings. The molecule has 0 saturated carbocycles. The molecule has 0 bridgehead atoms. The van der Waals surface area contributed by atoms with E-state index in [0.29, 0.717) is 19.0 Å². The van der Waals surface area contributed by atoms with Crippen LogP contribution in [0.5, 0.6) is 5.75 Å². The fourth-order valence-electron chi connectivity index (χ4n) is 2.84. The SMILES string of the molecule is CN(C)CCOc1cccc(CNc2cnc3cc(C(C=N)C=N)ccc3n2)c1. The number of likely N-dealkylation sites (N-methyl/N-ethyl adjacent to an activating group) is 1. The van der Waals surface area contributed by atoms with Crippen molar-refractivity contribution in [1.82, 2.24) is 14.9 Å². The van der Waals surface area contributed by atoms with Crippen molar-refractivity contribution in [3.8, 4) is 5.75 Å². The highest BCUT2D eigenvalue weighted by atomic mass is 16.5. The van der Waals surface area contributed by atoms with E-state index in [1.807, 2.05) is 56.6 Å². The van der Waals surface area contributed by atoms with Crippen molar-refractivity contribution in [3.05, 3.63) is 59.8 Å². The van der Waals surface area contributed by atoms with Crippen LogP contribution in [0.2, 0.25) is 0 Å². The number of hydrogen-bond acceptors (Lipinski definition) is 7. The first kappa shape index (κ1) is 20.4. The van der Waals surface area contributed by atoms with E-state index in [1.54, 1.807) is 6.20 Å².